The standard InChI is InChI=1S/C12H14I3N3O2/c1-5(19)18(4)11-8(14)6(12(20)17(2)3)7(13)10(16)9(11)15/h16H2,1-4H3. The molecule has 0 atom stereocenters. The van der Waals surface area contributed by atoms with Gasteiger partial charge in [0.05, 0.1) is 27.6 Å². The van der Waals surface area contributed by atoms with Crippen molar-refractivity contribution in [1.29, 1.82) is 0 Å². The van der Waals surface area contributed by atoms with E-state index in [-0.39, 0.29) is 11.8 Å². The van der Waals surface area contributed by atoms with Crippen LogP contribution in [0.2, 0.25) is 0 Å². The number of hydrogen-bond donors (Lipinski definition) is 1. The normalized spacial score (nSPS) is 10.3. The number of hydrogen-bond acceptors (Lipinski definition) is 3. The van der Waals surface area contributed by atoms with E-state index < -0.39 is 0 Å². The van der Waals surface area contributed by atoms with Gasteiger partial charge in [-0.05, 0) is 67.8 Å². The highest BCUT2D eigenvalue weighted by atomic mass is 127. The average Bonchev–Trinajstić information content (AvgIpc) is 2.35. The van der Waals surface area contributed by atoms with Crippen LogP contribution in [0.25, 0.3) is 0 Å². The third-order valence-corrected chi connectivity index (χ3v) is 6.02. The van der Waals surface area contributed by atoms with Gasteiger partial charge in [-0.3, -0.25) is 9.59 Å². The van der Waals surface area contributed by atoms with Gasteiger partial charge in [-0.2, -0.15) is 0 Å². The molecule has 1 aromatic carbocycles. The number of anilines is 2. The van der Waals surface area contributed by atoms with E-state index in [2.05, 4.69) is 67.8 Å². The Hall–Kier alpha value is 0.150. The van der Waals surface area contributed by atoms with E-state index in [0.717, 1.165) is 10.7 Å². The van der Waals surface area contributed by atoms with Crippen LogP contribution in [0.3, 0.4) is 0 Å². The number of nitrogen functional groups attached to an aromatic ring is 1. The lowest BCUT2D eigenvalue weighted by atomic mass is 10.1. The second kappa shape index (κ2) is 6.94. The number of amides is 2. The van der Waals surface area contributed by atoms with Gasteiger partial charge in [0.25, 0.3) is 5.91 Å². The monoisotopic (exact) mass is 613 g/mol. The molecule has 0 bridgehead atoms. The van der Waals surface area contributed by atoms with Crippen molar-refractivity contribution in [3.8, 4) is 0 Å². The summed E-state index contributed by atoms with van der Waals surface area (Å²) < 4.78 is 2.24. The van der Waals surface area contributed by atoms with Crippen LogP contribution < -0.4 is 10.6 Å². The Morgan fingerprint density at radius 1 is 1.00 bits per heavy atom. The van der Waals surface area contributed by atoms with E-state index in [0.29, 0.717) is 16.9 Å². The van der Waals surface area contributed by atoms with Crippen LogP contribution in [-0.4, -0.2) is 37.9 Å². The second-order valence-corrected chi connectivity index (χ2v) is 7.59. The van der Waals surface area contributed by atoms with Gasteiger partial charge in [0.2, 0.25) is 5.91 Å². The molecule has 0 saturated heterocycles. The van der Waals surface area contributed by atoms with E-state index in [1.807, 2.05) is 0 Å². The molecular weight excluding hydrogens is 599 g/mol. The molecule has 1 rings (SSSR count). The first-order chi connectivity index (χ1) is 9.11. The maximum Gasteiger partial charge on any atom is 0.255 e. The Morgan fingerprint density at radius 3 is 1.90 bits per heavy atom. The number of carbonyl (C=O) groups is 2. The molecule has 110 valence electrons. The SMILES string of the molecule is CC(=O)N(C)c1c(I)c(N)c(I)c(C(=O)N(C)C)c1I. The highest BCUT2D eigenvalue weighted by Crippen LogP contribution is 2.39. The van der Waals surface area contributed by atoms with E-state index in [1.54, 1.807) is 21.1 Å². The summed E-state index contributed by atoms with van der Waals surface area (Å²) in [4.78, 5) is 27.0. The lowest BCUT2D eigenvalue weighted by molar-refractivity contribution is -0.116. The number of carbonyl (C=O) groups excluding carboxylic acids is 2. The first-order valence-corrected chi connectivity index (χ1v) is 8.76. The van der Waals surface area contributed by atoms with Gasteiger partial charge in [-0.15, -0.1) is 0 Å². The zero-order valence-electron chi connectivity index (χ0n) is 11.4. The molecule has 0 aromatic heterocycles. The maximum absolute atomic E-state index is 12.3. The summed E-state index contributed by atoms with van der Waals surface area (Å²) in [6, 6.07) is 0. The zero-order valence-corrected chi connectivity index (χ0v) is 17.9. The van der Waals surface area contributed by atoms with Gasteiger partial charge in [0.15, 0.2) is 0 Å². The highest BCUT2D eigenvalue weighted by molar-refractivity contribution is 14.1. The molecular formula is C12H14I3N3O2. The number of nitrogens with two attached hydrogens (primary N) is 1. The summed E-state index contributed by atoms with van der Waals surface area (Å²) in [6.45, 7) is 1.48. The fourth-order valence-corrected chi connectivity index (χ4v) is 5.88. The largest absolute Gasteiger partial charge is 0.397 e. The minimum Gasteiger partial charge on any atom is -0.397 e. The molecule has 0 aliphatic heterocycles. The van der Waals surface area contributed by atoms with Gasteiger partial charge in [-0.1, -0.05) is 0 Å². The van der Waals surface area contributed by atoms with Crippen molar-refractivity contribution in [2.75, 3.05) is 31.8 Å². The summed E-state index contributed by atoms with van der Waals surface area (Å²) in [5.41, 5.74) is 7.85. The van der Waals surface area contributed by atoms with Crippen molar-refractivity contribution in [3.63, 3.8) is 0 Å². The van der Waals surface area contributed by atoms with Gasteiger partial charge < -0.3 is 15.5 Å². The fourth-order valence-electron chi connectivity index (χ4n) is 1.53. The van der Waals surface area contributed by atoms with Crippen molar-refractivity contribution >= 4 is 91.0 Å². The van der Waals surface area contributed by atoms with Crippen LogP contribution in [0.1, 0.15) is 17.3 Å². The molecule has 0 radical (unpaired) electrons. The second-order valence-electron chi connectivity index (χ2n) is 4.36. The summed E-state index contributed by atoms with van der Waals surface area (Å²) in [5.74, 6) is -0.232. The molecule has 0 unspecified atom stereocenters. The van der Waals surface area contributed by atoms with Crippen LogP contribution in [-0.2, 0) is 4.79 Å². The maximum atomic E-state index is 12.3. The first kappa shape index (κ1) is 18.2. The molecule has 5 nitrogen and oxygen atoms in total. The molecule has 0 fully saturated rings. The first-order valence-electron chi connectivity index (χ1n) is 5.53. The molecule has 0 heterocycles. The van der Waals surface area contributed by atoms with Crippen LogP contribution in [0.15, 0.2) is 0 Å². The van der Waals surface area contributed by atoms with Gasteiger partial charge in [0.1, 0.15) is 0 Å². The minimum atomic E-state index is -0.125. The molecule has 20 heavy (non-hydrogen) atoms. The lowest BCUT2D eigenvalue weighted by Gasteiger charge is -2.24. The Bertz CT molecular complexity index is 588. The van der Waals surface area contributed by atoms with Crippen LogP contribution >= 0.6 is 67.8 Å². The summed E-state index contributed by atoms with van der Waals surface area (Å²) >= 11 is 6.28. The predicted molar refractivity (Wildman–Crippen MR) is 106 cm³/mol. The number of rotatable bonds is 2. The van der Waals surface area contributed by atoms with E-state index in [1.165, 1.54) is 16.7 Å². The molecule has 0 saturated carbocycles. The summed E-state index contributed by atoms with van der Waals surface area (Å²) in [5, 5.41) is 0. The Morgan fingerprint density at radius 2 is 1.50 bits per heavy atom. The topological polar surface area (TPSA) is 66.6 Å². The molecule has 8 heteroatoms. The number of nitrogens with zero attached hydrogens (tertiary/aromatic N) is 2. The van der Waals surface area contributed by atoms with Crippen molar-refractivity contribution in [2.24, 2.45) is 0 Å². The van der Waals surface area contributed by atoms with E-state index >= 15 is 0 Å². The Kier molecular flexibility index (Phi) is 6.32. The third-order valence-electron chi connectivity index (χ3n) is 2.76. The van der Waals surface area contributed by atoms with Crippen LogP contribution in [0.4, 0.5) is 11.4 Å². The van der Waals surface area contributed by atoms with Crippen LogP contribution in [0, 0.1) is 10.7 Å². The molecule has 0 aliphatic rings. The summed E-state index contributed by atoms with van der Waals surface area (Å²) in [7, 11) is 5.06. The van der Waals surface area contributed by atoms with Crippen molar-refractivity contribution in [3.05, 3.63) is 16.3 Å². The molecule has 0 spiro atoms. The van der Waals surface area contributed by atoms with Crippen molar-refractivity contribution in [1.82, 2.24) is 4.90 Å². The molecule has 0 aliphatic carbocycles. The van der Waals surface area contributed by atoms with Gasteiger partial charge in [0, 0.05) is 28.1 Å². The fraction of sp³-hybridized carbons (Fsp3) is 0.333. The average molecular weight is 613 g/mol. The zero-order chi connectivity index (χ0) is 15.8. The Balaban J connectivity index is 3.72. The van der Waals surface area contributed by atoms with E-state index in [9.17, 15) is 9.59 Å². The Labute approximate surface area is 159 Å². The lowest BCUT2D eigenvalue weighted by Crippen LogP contribution is -2.29. The van der Waals surface area contributed by atoms with Crippen molar-refractivity contribution < 1.29 is 9.59 Å². The van der Waals surface area contributed by atoms with Crippen molar-refractivity contribution in [2.45, 2.75) is 6.92 Å². The number of halogens is 3. The quantitative estimate of drug-likeness (QED) is 0.413. The smallest absolute Gasteiger partial charge is 0.255 e. The van der Waals surface area contributed by atoms with Gasteiger partial charge in [-0.25, -0.2) is 0 Å². The molecule has 2 N–H and O–H groups in total. The highest BCUT2D eigenvalue weighted by Gasteiger charge is 2.26. The molecule has 2 amide bonds. The third kappa shape index (κ3) is 3.31. The van der Waals surface area contributed by atoms with Gasteiger partial charge >= 0.3 is 0 Å². The minimum absolute atomic E-state index is 0.107. The van der Waals surface area contributed by atoms with Crippen LogP contribution in [0.5, 0.6) is 0 Å². The van der Waals surface area contributed by atoms with E-state index in [4.69, 9.17) is 5.73 Å². The molecule has 1 aromatic rings. The summed E-state index contributed by atoms with van der Waals surface area (Å²) in [6.07, 6.45) is 0. The predicted octanol–water partition coefficient (Wildman–Crippen LogP) is 2.77. The number of benzene rings is 1.